The summed E-state index contributed by atoms with van der Waals surface area (Å²) in [4.78, 5) is 24.0. The van der Waals surface area contributed by atoms with Crippen molar-refractivity contribution >= 4 is 12.0 Å². The fourth-order valence-corrected chi connectivity index (χ4v) is 2.44. The van der Waals surface area contributed by atoms with Gasteiger partial charge in [0.15, 0.2) is 0 Å². The van der Waals surface area contributed by atoms with Crippen molar-refractivity contribution in [1.29, 1.82) is 0 Å². The molecule has 3 atom stereocenters. The molecule has 0 bridgehead atoms. The Morgan fingerprint density at radius 3 is 2.80 bits per heavy atom. The van der Waals surface area contributed by atoms with Crippen LogP contribution in [-0.2, 0) is 9.53 Å². The predicted molar refractivity (Wildman–Crippen MR) is 75.6 cm³/mol. The predicted octanol–water partition coefficient (Wildman–Crippen LogP) is 1.55. The molecule has 20 heavy (non-hydrogen) atoms. The van der Waals surface area contributed by atoms with Gasteiger partial charge in [-0.1, -0.05) is 6.92 Å². The van der Waals surface area contributed by atoms with E-state index in [9.17, 15) is 9.59 Å². The second-order valence-electron chi connectivity index (χ2n) is 5.71. The minimum atomic E-state index is -0.888. The Morgan fingerprint density at radius 2 is 2.20 bits per heavy atom. The first-order valence-electron chi connectivity index (χ1n) is 7.23. The SMILES string of the molecule is CC1CC(CCNC(=O)N(C)CC(C)C(=O)O)CCO1. The van der Waals surface area contributed by atoms with E-state index in [1.165, 1.54) is 4.90 Å². The van der Waals surface area contributed by atoms with E-state index in [4.69, 9.17) is 9.84 Å². The third-order valence-electron chi connectivity index (χ3n) is 3.74. The number of ether oxygens (including phenoxy) is 1. The van der Waals surface area contributed by atoms with Gasteiger partial charge in [0.05, 0.1) is 12.0 Å². The molecule has 0 aliphatic carbocycles. The molecule has 116 valence electrons. The maximum absolute atomic E-state index is 11.8. The molecule has 0 aromatic rings. The molecule has 6 nitrogen and oxygen atoms in total. The number of amides is 2. The van der Waals surface area contributed by atoms with Gasteiger partial charge in [0.1, 0.15) is 0 Å². The molecule has 0 saturated carbocycles. The highest BCUT2D eigenvalue weighted by Gasteiger charge is 2.20. The number of hydrogen-bond donors (Lipinski definition) is 2. The number of carboxylic acids is 1. The molecule has 1 fully saturated rings. The summed E-state index contributed by atoms with van der Waals surface area (Å²) in [5.41, 5.74) is 0. The molecular formula is C14H26N2O4. The smallest absolute Gasteiger partial charge is 0.317 e. The van der Waals surface area contributed by atoms with Crippen LogP contribution in [0.3, 0.4) is 0 Å². The summed E-state index contributed by atoms with van der Waals surface area (Å²) in [6, 6.07) is -0.210. The second-order valence-corrected chi connectivity index (χ2v) is 5.71. The maximum Gasteiger partial charge on any atom is 0.317 e. The van der Waals surface area contributed by atoms with Gasteiger partial charge in [0.2, 0.25) is 0 Å². The van der Waals surface area contributed by atoms with Crippen LogP contribution in [0.4, 0.5) is 4.79 Å². The van der Waals surface area contributed by atoms with Crippen LogP contribution in [-0.4, -0.2) is 54.9 Å². The average molecular weight is 286 g/mol. The van der Waals surface area contributed by atoms with Crippen LogP contribution in [0, 0.1) is 11.8 Å². The first-order valence-corrected chi connectivity index (χ1v) is 7.23. The molecule has 2 N–H and O–H groups in total. The molecule has 0 spiro atoms. The second kappa shape index (κ2) is 8.09. The van der Waals surface area contributed by atoms with E-state index >= 15 is 0 Å². The van der Waals surface area contributed by atoms with Gasteiger partial charge in [-0.3, -0.25) is 4.79 Å². The minimum Gasteiger partial charge on any atom is -0.481 e. The van der Waals surface area contributed by atoms with Crippen molar-refractivity contribution in [2.24, 2.45) is 11.8 Å². The van der Waals surface area contributed by atoms with Gasteiger partial charge in [-0.2, -0.15) is 0 Å². The molecule has 0 aromatic heterocycles. The first-order chi connectivity index (χ1) is 9.40. The van der Waals surface area contributed by atoms with Crippen LogP contribution in [0.2, 0.25) is 0 Å². The molecule has 3 unspecified atom stereocenters. The van der Waals surface area contributed by atoms with E-state index in [1.807, 2.05) is 0 Å². The maximum atomic E-state index is 11.8. The lowest BCUT2D eigenvalue weighted by molar-refractivity contribution is -0.141. The van der Waals surface area contributed by atoms with Crippen LogP contribution < -0.4 is 5.32 Å². The molecule has 6 heteroatoms. The van der Waals surface area contributed by atoms with E-state index in [1.54, 1.807) is 14.0 Å². The number of hydrogen-bond acceptors (Lipinski definition) is 3. The minimum absolute atomic E-state index is 0.210. The highest BCUT2D eigenvalue weighted by molar-refractivity contribution is 5.75. The number of carbonyl (C=O) groups is 2. The van der Waals surface area contributed by atoms with Crippen molar-refractivity contribution in [3.63, 3.8) is 0 Å². The van der Waals surface area contributed by atoms with Gasteiger partial charge in [0.25, 0.3) is 0 Å². The summed E-state index contributed by atoms with van der Waals surface area (Å²) in [6.45, 7) is 5.31. The molecule has 0 aromatic carbocycles. The Bertz CT molecular complexity index is 335. The van der Waals surface area contributed by atoms with Gasteiger partial charge in [-0.15, -0.1) is 0 Å². The van der Waals surface area contributed by atoms with Crippen LogP contribution in [0.5, 0.6) is 0 Å². The summed E-state index contributed by atoms with van der Waals surface area (Å²) in [7, 11) is 1.62. The number of urea groups is 1. The van der Waals surface area contributed by atoms with Crippen molar-refractivity contribution in [2.75, 3.05) is 26.7 Å². The van der Waals surface area contributed by atoms with Crippen molar-refractivity contribution < 1.29 is 19.4 Å². The van der Waals surface area contributed by atoms with Crippen molar-refractivity contribution in [2.45, 2.75) is 39.2 Å². The molecule has 1 rings (SSSR count). The number of nitrogens with one attached hydrogen (secondary N) is 1. The van der Waals surface area contributed by atoms with Crippen molar-refractivity contribution in [3.05, 3.63) is 0 Å². The number of nitrogens with zero attached hydrogens (tertiary/aromatic N) is 1. The molecule has 1 aliphatic heterocycles. The zero-order valence-electron chi connectivity index (χ0n) is 12.6. The van der Waals surface area contributed by atoms with Crippen molar-refractivity contribution in [3.8, 4) is 0 Å². The third kappa shape index (κ3) is 5.77. The topological polar surface area (TPSA) is 78.9 Å². The van der Waals surface area contributed by atoms with E-state index in [2.05, 4.69) is 12.2 Å². The summed E-state index contributed by atoms with van der Waals surface area (Å²) >= 11 is 0. The van der Waals surface area contributed by atoms with Crippen LogP contribution in [0.25, 0.3) is 0 Å². The van der Waals surface area contributed by atoms with Gasteiger partial charge in [0, 0.05) is 26.7 Å². The Labute approximate surface area is 120 Å². The Morgan fingerprint density at radius 1 is 1.50 bits per heavy atom. The molecular weight excluding hydrogens is 260 g/mol. The highest BCUT2D eigenvalue weighted by Crippen LogP contribution is 2.22. The monoisotopic (exact) mass is 286 g/mol. The molecule has 0 radical (unpaired) electrons. The van der Waals surface area contributed by atoms with E-state index in [0.717, 1.165) is 25.9 Å². The number of rotatable bonds is 6. The normalized spacial score (nSPS) is 23.9. The fraction of sp³-hybridized carbons (Fsp3) is 0.857. The molecule has 1 saturated heterocycles. The lowest BCUT2D eigenvalue weighted by atomic mass is 9.93. The van der Waals surface area contributed by atoms with E-state index < -0.39 is 11.9 Å². The third-order valence-corrected chi connectivity index (χ3v) is 3.74. The highest BCUT2D eigenvalue weighted by atomic mass is 16.5. The largest absolute Gasteiger partial charge is 0.481 e. The van der Waals surface area contributed by atoms with E-state index in [-0.39, 0.29) is 12.6 Å². The van der Waals surface area contributed by atoms with Gasteiger partial charge >= 0.3 is 12.0 Å². The molecule has 1 heterocycles. The van der Waals surface area contributed by atoms with Gasteiger partial charge in [-0.25, -0.2) is 4.79 Å². The Balaban J connectivity index is 2.20. The van der Waals surface area contributed by atoms with Gasteiger partial charge in [-0.05, 0) is 32.1 Å². The summed E-state index contributed by atoms with van der Waals surface area (Å²) in [6.07, 6.45) is 3.35. The zero-order chi connectivity index (χ0) is 15.1. The average Bonchev–Trinajstić information content (AvgIpc) is 2.38. The number of carbonyl (C=O) groups excluding carboxylic acids is 1. The number of carboxylic acid groups (broad SMARTS) is 1. The fourth-order valence-electron chi connectivity index (χ4n) is 2.44. The first kappa shape index (κ1) is 16.8. The number of aliphatic carboxylic acids is 1. The quantitative estimate of drug-likeness (QED) is 0.776. The van der Waals surface area contributed by atoms with Crippen LogP contribution in [0.15, 0.2) is 0 Å². The standard InChI is InChI=1S/C14H26N2O4/c1-10(13(17)18)9-16(3)14(19)15-6-4-12-5-7-20-11(2)8-12/h10-12H,4-9H2,1-3H3,(H,15,19)(H,17,18). The van der Waals surface area contributed by atoms with Crippen LogP contribution in [0.1, 0.15) is 33.1 Å². The molecule has 1 aliphatic rings. The van der Waals surface area contributed by atoms with E-state index in [0.29, 0.717) is 18.6 Å². The summed E-state index contributed by atoms with van der Waals surface area (Å²) in [5, 5.41) is 11.7. The summed E-state index contributed by atoms with van der Waals surface area (Å²) < 4.78 is 5.49. The van der Waals surface area contributed by atoms with Crippen LogP contribution >= 0.6 is 0 Å². The Kier molecular flexibility index (Phi) is 6.78. The lowest BCUT2D eigenvalue weighted by Gasteiger charge is -2.27. The lowest BCUT2D eigenvalue weighted by Crippen LogP contribution is -2.41. The zero-order valence-corrected chi connectivity index (χ0v) is 12.6. The van der Waals surface area contributed by atoms with Crippen molar-refractivity contribution in [1.82, 2.24) is 10.2 Å². The summed E-state index contributed by atoms with van der Waals surface area (Å²) in [5.74, 6) is -0.842. The molecule has 2 amide bonds. The Hall–Kier alpha value is -1.30. The van der Waals surface area contributed by atoms with Gasteiger partial charge < -0.3 is 20.1 Å².